The van der Waals surface area contributed by atoms with Crippen molar-refractivity contribution in [2.45, 2.75) is 31.3 Å². The molecule has 1 aromatic carbocycles. The monoisotopic (exact) mass is 423 g/mol. The lowest BCUT2D eigenvalue weighted by Gasteiger charge is -2.45. The summed E-state index contributed by atoms with van der Waals surface area (Å²) in [5.41, 5.74) is 9.69. The van der Waals surface area contributed by atoms with Crippen LogP contribution in [0.2, 0.25) is 0 Å². The number of benzene rings is 1. The van der Waals surface area contributed by atoms with Crippen LogP contribution in [-0.2, 0) is 6.54 Å². The molecule has 30 heavy (non-hydrogen) atoms. The number of fused-ring (bicyclic) bond motifs is 1. The fraction of sp³-hybridized carbons (Fsp3) is 0.304. The zero-order chi connectivity index (χ0) is 21.1. The third-order valence-corrected chi connectivity index (χ3v) is 6.85. The summed E-state index contributed by atoms with van der Waals surface area (Å²) in [4.78, 5) is 4.73. The van der Waals surface area contributed by atoms with Crippen molar-refractivity contribution < 1.29 is 4.39 Å². The van der Waals surface area contributed by atoms with Gasteiger partial charge in [0.25, 0.3) is 0 Å². The maximum atomic E-state index is 13.2. The van der Waals surface area contributed by atoms with Gasteiger partial charge >= 0.3 is 0 Å². The summed E-state index contributed by atoms with van der Waals surface area (Å²) in [6.07, 6.45) is 9.37. The Balaban J connectivity index is 1.62. The molecule has 1 aromatic heterocycles. The van der Waals surface area contributed by atoms with Gasteiger partial charge in [-0.15, -0.1) is 6.58 Å². The highest BCUT2D eigenvalue weighted by Crippen LogP contribution is 2.47. The quantitative estimate of drug-likeness (QED) is 0.550. The number of allylic oxidation sites excluding steroid dienone is 2. The van der Waals surface area contributed by atoms with E-state index in [1.165, 1.54) is 17.7 Å². The van der Waals surface area contributed by atoms with E-state index in [-0.39, 0.29) is 11.2 Å². The first-order chi connectivity index (χ1) is 14.6. The largest absolute Gasteiger partial charge is 0.404 e. The molecule has 2 aromatic rings. The topological polar surface area (TPSA) is 59.4 Å². The van der Waals surface area contributed by atoms with Crippen molar-refractivity contribution in [3.63, 3.8) is 0 Å². The average molecular weight is 424 g/mol. The molecule has 1 fully saturated rings. The number of aryl methyl sites for hydroxylation is 1. The fourth-order valence-electron chi connectivity index (χ4n) is 4.08. The van der Waals surface area contributed by atoms with Gasteiger partial charge in [-0.05, 0) is 79.9 Å². The lowest BCUT2D eigenvalue weighted by Crippen LogP contribution is -2.43. The third kappa shape index (κ3) is 4.00. The first-order valence-corrected chi connectivity index (χ1v) is 10.9. The summed E-state index contributed by atoms with van der Waals surface area (Å²) < 4.78 is 17.6. The first kappa shape index (κ1) is 20.6. The van der Waals surface area contributed by atoms with E-state index >= 15 is 0 Å². The second-order valence-electron chi connectivity index (χ2n) is 7.56. The maximum Gasteiger partial charge on any atom is 0.123 e. The Labute approximate surface area is 181 Å². The zero-order valence-corrected chi connectivity index (χ0v) is 17.9. The highest BCUT2D eigenvalue weighted by molar-refractivity contribution is 7.97. The third-order valence-electron chi connectivity index (χ3n) is 5.74. The molecule has 4 rings (SSSR count). The van der Waals surface area contributed by atoms with Crippen LogP contribution < -0.4 is 5.73 Å². The molecule has 1 aliphatic heterocycles. The molecular weight excluding hydrogens is 397 g/mol. The van der Waals surface area contributed by atoms with Crippen LogP contribution in [0.4, 0.5) is 10.1 Å². The van der Waals surface area contributed by atoms with Crippen LogP contribution in [0.15, 0.2) is 82.6 Å². The number of halogens is 1. The minimum Gasteiger partial charge on any atom is -0.404 e. The maximum absolute atomic E-state index is 13.2. The van der Waals surface area contributed by atoms with E-state index in [1.54, 1.807) is 30.3 Å². The average Bonchev–Trinajstić information content (AvgIpc) is 3.22. The smallest absolute Gasteiger partial charge is 0.123 e. The number of aliphatic imine (C=N–C) groups is 1. The van der Waals surface area contributed by atoms with Gasteiger partial charge in [0.2, 0.25) is 0 Å². The fourth-order valence-corrected chi connectivity index (χ4v) is 5.21. The Morgan fingerprint density at radius 3 is 2.83 bits per heavy atom. The molecule has 1 atom stereocenters. The summed E-state index contributed by atoms with van der Waals surface area (Å²) in [5.74, 6) is -0.268. The number of nitrogens with two attached hydrogens (primary N) is 1. The van der Waals surface area contributed by atoms with Crippen molar-refractivity contribution in [2.24, 2.45) is 16.1 Å². The van der Waals surface area contributed by atoms with E-state index in [0.29, 0.717) is 0 Å². The second kappa shape index (κ2) is 8.62. The van der Waals surface area contributed by atoms with Gasteiger partial charge in [0.05, 0.1) is 17.6 Å². The number of hydrogen-bond acceptors (Lipinski definition) is 5. The molecule has 1 aliphatic carbocycles. The van der Waals surface area contributed by atoms with Gasteiger partial charge in [0.1, 0.15) is 10.8 Å². The predicted molar refractivity (Wildman–Crippen MR) is 121 cm³/mol. The Kier molecular flexibility index (Phi) is 5.92. The molecule has 1 unspecified atom stereocenters. The van der Waals surface area contributed by atoms with Gasteiger partial charge in [-0.1, -0.05) is 11.6 Å². The summed E-state index contributed by atoms with van der Waals surface area (Å²) in [6.45, 7) is 8.90. The number of piperidine rings is 1. The van der Waals surface area contributed by atoms with Crippen molar-refractivity contribution in [3.8, 4) is 0 Å². The van der Waals surface area contributed by atoms with Crippen molar-refractivity contribution >= 4 is 23.3 Å². The summed E-state index contributed by atoms with van der Waals surface area (Å²) in [7, 11) is 0. The van der Waals surface area contributed by atoms with Crippen LogP contribution in [0.5, 0.6) is 0 Å². The second-order valence-corrected chi connectivity index (χ2v) is 8.68. The minimum atomic E-state index is -0.268. The zero-order valence-electron chi connectivity index (χ0n) is 17.1. The Hall–Kier alpha value is -2.64. The van der Waals surface area contributed by atoms with Crippen LogP contribution in [0.25, 0.3) is 0 Å². The molecule has 0 saturated carbocycles. The number of nitrogens with zero attached hydrogens (tertiary/aromatic N) is 4. The van der Waals surface area contributed by atoms with Gasteiger partial charge in [-0.3, -0.25) is 4.68 Å². The summed E-state index contributed by atoms with van der Waals surface area (Å²) >= 11 is 1.75. The molecule has 7 heteroatoms. The number of hydrogen-bond donors (Lipinski definition) is 1. The van der Waals surface area contributed by atoms with Crippen LogP contribution in [-0.4, -0.2) is 32.9 Å². The van der Waals surface area contributed by atoms with Gasteiger partial charge in [0, 0.05) is 25.0 Å². The van der Waals surface area contributed by atoms with Gasteiger partial charge in [0.15, 0.2) is 0 Å². The molecule has 2 heterocycles. The molecule has 156 valence electrons. The molecule has 5 nitrogen and oxygen atoms in total. The van der Waals surface area contributed by atoms with Gasteiger partial charge < -0.3 is 5.73 Å². The summed E-state index contributed by atoms with van der Waals surface area (Å²) in [5, 5.41) is 5.52. The molecule has 0 radical (unpaired) electrons. The first-order valence-electron chi connectivity index (χ1n) is 10.1. The van der Waals surface area contributed by atoms with E-state index in [2.05, 4.69) is 41.1 Å². The Morgan fingerprint density at radius 1 is 1.33 bits per heavy atom. The highest BCUT2D eigenvalue weighted by Gasteiger charge is 2.41. The molecule has 0 bridgehead atoms. The number of rotatable bonds is 5. The van der Waals surface area contributed by atoms with Crippen molar-refractivity contribution in [1.82, 2.24) is 14.1 Å². The van der Waals surface area contributed by atoms with Crippen LogP contribution >= 0.6 is 11.9 Å². The molecule has 2 aliphatic rings. The molecule has 2 N–H and O–H groups in total. The SMILES string of the molecule is C=CC12CC(=CN)C(=Nc3ccc(F)cc3)C=C1CCN(Sc1ccnn1CC)C2. The standard InChI is InChI=1S/C23H26FN5S/c1-3-23-14-17(15-25)21(27-20-7-5-19(24)6-8-20)13-18(23)10-12-28(16-23)30-22-9-11-26-29(22)4-2/h3,5-9,11,13,15H,1,4,10,12,14,16,25H2,2H3. The van der Waals surface area contributed by atoms with Gasteiger partial charge in [-0.25, -0.2) is 13.7 Å². The van der Waals surface area contributed by atoms with E-state index in [4.69, 9.17) is 10.7 Å². The van der Waals surface area contributed by atoms with E-state index < -0.39 is 0 Å². The van der Waals surface area contributed by atoms with Crippen LogP contribution in [0, 0.1) is 11.2 Å². The van der Waals surface area contributed by atoms with Crippen molar-refractivity contribution in [3.05, 3.63) is 78.4 Å². The van der Waals surface area contributed by atoms with E-state index in [1.807, 2.05) is 10.9 Å². The molecular formula is C23H26FN5S. The summed E-state index contributed by atoms with van der Waals surface area (Å²) in [6, 6.07) is 8.26. The lowest BCUT2D eigenvalue weighted by molar-refractivity contribution is 0.278. The van der Waals surface area contributed by atoms with Gasteiger partial charge in [-0.2, -0.15) is 5.10 Å². The number of aromatic nitrogens is 2. The Bertz CT molecular complexity index is 1020. The molecule has 0 spiro atoms. The van der Waals surface area contributed by atoms with E-state index in [0.717, 1.165) is 54.5 Å². The van der Waals surface area contributed by atoms with Crippen LogP contribution in [0.3, 0.4) is 0 Å². The Morgan fingerprint density at radius 2 is 2.13 bits per heavy atom. The molecule has 1 saturated heterocycles. The van der Waals surface area contributed by atoms with Crippen LogP contribution in [0.1, 0.15) is 19.8 Å². The van der Waals surface area contributed by atoms with Crippen molar-refractivity contribution in [2.75, 3.05) is 13.1 Å². The lowest BCUT2D eigenvalue weighted by atomic mass is 9.67. The normalized spacial score (nSPS) is 24.7. The highest BCUT2D eigenvalue weighted by atomic mass is 32.2. The molecule has 0 amide bonds. The predicted octanol–water partition coefficient (Wildman–Crippen LogP) is 4.87. The van der Waals surface area contributed by atoms with Crippen molar-refractivity contribution in [1.29, 1.82) is 0 Å². The van der Waals surface area contributed by atoms with E-state index in [9.17, 15) is 4.39 Å². The minimum absolute atomic E-state index is 0.171.